The van der Waals surface area contributed by atoms with E-state index in [0.29, 0.717) is 6.04 Å². The van der Waals surface area contributed by atoms with Gasteiger partial charge >= 0.3 is 0 Å². The van der Waals surface area contributed by atoms with Gasteiger partial charge in [-0.3, -0.25) is 9.67 Å². The number of nitrogens with one attached hydrogen (secondary N) is 1. The van der Waals surface area contributed by atoms with Gasteiger partial charge in [-0.25, -0.2) is 0 Å². The van der Waals surface area contributed by atoms with E-state index in [2.05, 4.69) is 42.2 Å². The summed E-state index contributed by atoms with van der Waals surface area (Å²) in [6.07, 6.45) is 5.69. The van der Waals surface area contributed by atoms with Crippen LogP contribution in [0.25, 0.3) is 11.1 Å². The van der Waals surface area contributed by atoms with Crippen molar-refractivity contribution in [1.82, 2.24) is 20.1 Å². The molecule has 0 fully saturated rings. The van der Waals surface area contributed by atoms with E-state index < -0.39 is 0 Å². The Kier molecular flexibility index (Phi) is 3.77. The Morgan fingerprint density at radius 1 is 1.28 bits per heavy atom. The molecule has 2 rings (SSSR count). The minimum Gasteiger partial charge on any atom is -0.310 e. The van der Waals surface area contributed by atoms with Gasteiger partial charge in [0.15, 0.2) is 0 Å². The average molecular weight is 244 g/mol. The first-order chi connectivity index (χ1) is 8.58. The van der Waals surface area contributed by atoms with Crippen LogP contribution in [0.2, 0.25) is 0 Å². The van der Waals surface area contributed by atoms with Crippen LogP contribution in [0.15, 0.2) is 24.7 Å². The largest absolute Gasteiger partial charge is 0.310 e. The van der Waals surface area contributed by atoms with Crippen molar-refractivity contribution in [2.24, 2.45) is 7.05 Å². The van der Waals surface area contributed by atoms with Gasteiger partial charge in [-0.2, -0.15) is 5.10 Å². The van der Waals surface area contributed by atoms with Crippen LogP contribution in [0.5, 0.6) is 0 Å². The third-order valence-electron chi connectivity index (χ3n) is 3.06. The summed E-state index contributed by atoms with van der Waals surface area (Å²) in [4.78, 5) is 4.31. The van der Waals surface area contributed by atoms with Crippen molar-refractivity contribution in [3.63, 3.8) is 0 Å². The fraction of sp³-hybridized carbons (Fsp3) is 0.429. The van der Waals surface area contributed by atoms with E-state index in [9.17, 15) is 0 Å². The maximum Gasteiger partial charge on any atom is 0.0571 e. The molecule has 1 N–H and O–H groups in total. The second kappa shape index (κ2) is 5.31. The SMILES string of the molecule is Cc1c(-c2cncc(CNC(C)C)c2)cnn1C. The van der Waals surface area contributed by atoms with Gasteiger partial charge in [-0.15, -0.1) is 0 Å². The molecule has 0 aliphatic heterocycles. The Hall–Kier alpha value is -1.68. The number of hydrogen-bond donors (Lipinski definition) is 1. The fourth-order valence-electron chi connectivity index (χ4n) is 1.84. The first kappa shape index (κ1) is 12.8. The molecule has 0 saturated heterocycles. The van der Waals surface area contributed by atoms with Gasteiger partial charge in [0.1, 0.15) is 0 Å². The molecule has 4 heteroatoms. The van der Waals surface area contributed by atoms with Crippen LogP contribution in [0, 0.1) is 6.92 Å². The van der Waals surface area contributed by atoms with Gasteiger partial charge in [-0.05, 0) is 18.6 Å². The minimum atomic E-state index is 0.480. The third kappa shape index (κ3) is 2.76. The molecule has 2 aromatic heterocycles. The molecule has 0 unspecified atom stereocenters. The predicted octanol–water partition coefficient (Wildman–Crippen LogP) is 2.29. The van der Waals surface area contributed by atoms with Crippen LogP contribution in [0.4, 0.5) is 0 Å². The summed E-state index contributed by atoms with van der Waals surface area (Å²) in [5, 5.41) is 7.67. The van der Waals surface area contributed by atoms with E-state index in [0.717, 1.165) is 23.4 Å². The Bertz CT molecular complexity index is 528. The van der Waals surface area contributed by atoms with Gasteiger partial charge in [0.05, 0.1) is 6.20 Å². The number of aryl methyl sites for hydroxylation is 1. The number of nitrogens with zero attached hydrogens (tertiary/aromatic N) is 3. The summed E-state index contributed by atoms with van der Waals surface area (Å²) in [6, 6.07) is 2.65. The van der Waals surface area contributed by atoms with Crippen LogP contribution in [0.3, 0.4) is 0 Å². The lowest BCUT2D eigenvalue weighted by Crippen LogP contribution is -2.21. The molecular formula is C14H20N4. The van der Waals surface area contributed by atoms with E-state index in [4.69, 9.17) is 0 Å². The lowest BCUT2D eigenvalue weighted by Gasteiger charge is -2.09. The third-order valence-corrected chi connectivity index (χ3v) is 3.06. The molecule has 0 aliphatic rings. The van der Waals surface area contributed by atoms with Crippen molar-refractivity contribution in [3.8, 4) is 11.1 Å². The van der Waals surface area contributed by atoms with Crippen molar-refractivity contribution < 1.29 is 0 Å². The Balaban J connectivity index is 2.24. The number of pyridine rings is 1. The number of aromatic nitrogens is 3. The maximum absolute atomic E-state index is 4.31. The summed E-state index contributed by atoms with van der Waals surface area (Å²) >= 11 is 0. The molecule has 18 heavy (non-hydrogen) atoms. The summed E-state index contributed by atoms with van der Waals surface area (Å²) < 4.78 is 1.88. The van der Waals surface area contributed by atoms with Gasteiger partial charge in [0.25, 0.3) is 0 Å². The highest BCUT2D eigenvalue weighted by Gasteiger charge is 2.07. The molecule has 0 spiro atoms. The molecule has 0 aromatic carbocycles. The van der Waals surface area contributed by atoms with Crippen molar-refractivity contribution >= 4 is 0 Å². The highest BCUT2D eigenvalue weighted by Crippen LogP contribution is 2.22. The summed E-state index contributed by atoms with van der Waals surface area (Å²) in [5.74, 6) is 0. The predicted molar refractivity (Wildman–Crippen MR) is 73.2 cm³/mol. The molecule has 4 nitrogen and oxygen atoms in total. The maximum atomic E-state index is 4.31. The van der Waals surface area contributed by atoms with Crippen LogP contribution in [-0.2, 0) is 13.6 Å². The molecule has 0 saturated carbocycles. The van der Waals surface area contributed by atoms with E-state index >= 15 is 0 Å². The van der Waals surface area contributed by atoms with E-state index in [1.165, 1.54) is 5.56 Å². The Labute approximate surface area is 108 Å². The van der Waals surface area contributed by atoms with Gasteiger partial charge < -0.3 is 5.32 Å². The first-order valence-electron chi connectivity index (χ1n) is 6.24. The lowest BCUT2D eigenvalue weighted by molar-refractivity contribution is 0.588. The zero-order valence-electron chi connectivity index (χ0n) is 11.4. The monoisotopic (exact) mass is 244 g/mol. The fourth-order valence-corrected chi connectivity index (χ4v) is 1.84. The normalized spacial score (nSPS) is 11.2. The molecular weight excluding hydrogens is 224 g/mol. The van der Waals surface area contributed by atoms with E-state index in [1.807, 2.05) is 30.3 Å². The molecule has 96 valence electrons. The minimum absolute atomic E-state index is 0.480. The number of hydrogen-bond acceptors (Lipinski definition) is 3. The molecule has 0 aliphatic carbocycles. The molecule has 0 amide bonds. The standard InChI is InChI=1S/C14H20N4/c1-10(2)16-7-12-5-13(8-15-6-12)14-9-17-18(4)11(14)3/h5-6,8-10,16H,7H2,1-4H3. The summed E-state index contributed by atoms with van der Waals surface area (Å²) in [6.45, 7) is 7.20. The second-order valence-corrected chi connectivity index (χ2v) is 4.88. The summed E-state index contributed by atoms with van der Waals surface area (Å²) in [5.41, 5.74) is 4.63. The highest BCUT2D eigenvalue weighted by atomic mass is 15.3. The molecule has 0 bridgehead atoms. The molecule has 2 heterocycles. The zero-order valence-corrected chi connectivity index (χ0v) is 11.4. The van der Waals surface area contributed by atoms with Crippen LogP contribution in [-0.4, -0.2) is 20.8 Å². The van der Waals surface area contributed by atoms with Crippen molar-refractivity contribution in [2.75, 3.05) is 0 Å². The smallest absolute Gasteiger partial charge is 0.0571 e. The number of rotatable bonds is 4. The Morgan fingerprint density at radius 3 is 2.67 bits per heavy atom. The quantitative estimate of drug-likeness (QED) is 0.897. The average Bonchev–Trinajstić information content (AvgIpc) is 2.68. The van der Waals surface area contributed by atoms with Crippen LogP contribution < -0.4 is 5.32 Å². The molecule has 0 radical (unpaired) electrons. The molecule has 0 atom stereocenters. The summed E-state index contributed by atoms with van der Waals surface area (Å²) in [7, 11) is 1.95. The molecule has 2 aromatic rings. The topological polar surface area (TPSA) is 42.7 Å². The highest BCUT2D eigenvalue weighted by molar-refractivity contribution is 5.64. The van der Waals surface area contributed by atoms with Gasteiger partial charge in [-0.1, -0.05) is 13.8 Å². The van der Waals surface area contributed by atoms with Crippen molar-refractivity contribution in [1.29, 1.82) is 0 Å². The lowest BCUT2D eigenvalue weighted by atomic mass is 10.1. The zero-order chi connectivity index (χ0) is 13.1. The van der Waals surface area contributed by atoms with Crippen molar-refractivity contribution in [3.05, 3.63) is 35.9 Å². The van der Waals surface area contributed by atoms with Crippen molar-refractivity contribution in [2.45, 2.75) is 33.4 Å². The first-order valence-corrected chi connectivity index (χ1v) is 6.24. The van der Waals surface area contributed by atoms with E-state index in [-0.39, 0.29) is 0 Å². The van der Waals surface area contributed by atoms with E-state index in [1.54, 1.807) is 0 Å². The van der Waals surface area contributed by atoms with Crippen LogP contribution >= 0.6 is 0 Å². The van der Waals surface area contributed by atoms with Crippen LogP contribution in [0.1, 0.15) is 25.1 Å². The second-order valence-electron chi connectivity index (χ2n) is 4.88. The Morgan fingerprint density at radius 2 is 2.06 bits per heavy atom. The van der Waals surface area contributed by atoms with Gasteiger partial charge in [0.2, 0.25) is 0 Å². The van der Waals surface area contributed by atoms with Gasteiger partial charge in [0, 0.05) is 48.8 Å².